The Labute approximate surface area is 92.5 Å². The maximum absolute atomic E-state index is 5.92. The molecule has 0 spiro atoms. The zero-order chi connectivity index (χ0) is 11.0. The Hall–Kier alpha value is -1.75. The van der Waals surface area contributed by atoms with E-state index in [2.05, 4.69) is 10.2 Å². The molecule has 0 amide bonds. The van der Waals surface area contributed by atoms with Crippen LogP contribution < -0.4 is 10.5 Å². The molecule has 0 unspecified atom stereocenters. The van der Waals surface area contributed by atoms with Crippen molar-refractivity contribution < 1.29 is 9.47 Å². The third kappa shape index (κ3) is 1.59. The van der Waals surface area contributed by atoms with Crippen molar-refractivity contribution in [2.24, 2.45) is 0 Å². The molecule has 0 saturated carbocycles. The van der Waals surface area contributed by atoms with Gasteiger partial charge in [0.2, 0.25) is 0 Å². The molecule has 1 aromatic heterocycles. The van der Waals surface area contributed by atoms with Crippen molar-refractivity contribution in [2.75, 3.05) is 18.9 Å². The van der Waals surface area contributed by atoms with E-state index in [0.717, 1.165) is 23.9 Å². The van der Waals surface area contributed by atoms with Gasteiger partial charge in [-0.15, -0.1) is 0 Å². The van der Waals surface area contributed by atoms with Crippen molar-refractivity contribution >= 4 is 16.6 Å². The number of rotatable bonds is 2. The van der Waals surface area contributed by atoms with Gasteiger partial charge in [0.1, 0.15) is 11.9 Å². The summed E-state index contributed by atoms with van der Waals surface area (Å²) in [5.74, 6) is 0.701. The number of aromatic amines is 1. The lowest BCUT2D eigenvalue weighted by Gasteiger charge is -2.13. The molecule has 2 aromatic rings. The average molecular weight is 219 g/mol. The van der Waals surface area contributed by atoms with E-state index >= 15 is 0 Å². The van der Waals surface area contributed by atoms with Crippen molar-refractivity contribution in [2.45, 2.75) is 12.5 Å². The number of benzene rings is 1. The molecule has 84 valence electrons. The molecule has 1 saturated heterocycles. The second kappa shape index (κ2) is 3.68. The predicted octanol–water partition coefficient (Wildman–Crippen LogP) is 1.31. The molecule has 3 rings (SSSR count). The van der Waals surface area contributed by atoms with E-state index in [4.69, 9.17) is 15.2 Å². The van der Waals surface area contributed by atoms with Crippen molar-refractivity contribution in [3.05, 3.63) is 18.3 Å². The van der Waals surface area contributed by atoms with Crippen LogP contribution in [0.3, 0.4) is 0 Å². The molecule has 0 aliphatic carbocycles. The summed E-state index contributed by atoms with van der Waals surface area (Å²) >= 11 is 0. The first-order chi connectivity index (χ1) is 7.83. The predicted molar refractivity (Wildman–Crippen MR) is 60.4 cm³/mol. The molecule has 1 atom stereocenters. The van der Waals surface area contributed by atoms with Gasteiger partial charge >= 0.3 is 0 Å². The van der Waals surface area contributed by atoms with Gasteiger partial charge in [-0.1, -0.05) is 0 Å². The monoisotopic (exact) mass is 219 g/mol. The van der Waals surface area contributed by atoms with Crippen LogP contribution in [0.25, 0.3) is 10.9 Å². The maximum atomic E-state index is 5.92. The Bertz CT molecular complexity index is 503. The number of ether oxygens (including phenoxy) is 2. The SMILES string of the molecule is Nc1cc2cn[nH]c2cc1O[C@H]1CCOC1. The summed E-state index contributed by atoms with van der Waals surface area (Å²) in [6, 6.07) is 3.75. The number of fused-ring (bicyclic) bond motifs is 1. The van der Waals surface area contributed by atoms with E-state index in [0.29, 0.717) is 18.0 Å². The van der Waals surface area contributed by atoms with Crippen LogP contribution in [0.5, 0.6) is 5.75 Å². The normalized spacial score (nSPS) is 20.4. The summed E-state index contributed by atoms with van der Waals surface area (Å²) in [4.78, 5) is 0. The smallest absolute Gasteiger partial charge is 0.144 e. The summed E-state index contributed by atoms with van der Waals surface area (Å²) in [6.07, 6.45) is 2.77. The van der Waals surface area contributed by atoms with E-state index < -0.39 is 0 Å². The van der Waals surface area contributed by atoms with Crippen molar-refractivity contribution in [3.63, 3.8) is 0 Å². The zero-order valence-electron chi connectivity index (χ0n) is 8.77. The van der Waals surface area contributed by atoms with Crippen LogP contribution in [0.1, 0.15) is 6.42 Å². The zero-order valence-corrected chi connectivity index (χ0v) is 8.77. The molecule has 0 radical (unpaired) electrons. The number of hydrogen-bond acceptors (Lipinski definition) is 4. The van der Waals surface area contributed by atoms with Crippen LogP contribution in [-0.4, -0.2) is 29.5 Å². The Kier molecular flexibility index (Phi) is 2.18. The Morgan fingerprint density at radius 2 is 2.44 bits per heavy atom. The van der Waals surface area contributed by atoms with E-state index in [1.165, 1.54) is 0 Å². The minimum absolute atomic E-state index is 0.114. The lowest BCUT2D eigenvalue weighted by Crippen LogP contribution is -2.16. The highest BCUT2D eigenvalue weighted by atomic mass is 16.5. The molecule has 3 N–H and O–H groups in total. The van der Waals surface area contributed by atoms with Gasteiger partial charge in [0.25, 0.3) is 0 Å². The highest BCUT2D eigenvalue weighted by Gasteiger charge is 2.18. The van der Waals surface area contributed by atoms with Gasteiger partial charge in [-0.05, 0) is 6.07 Å². The van der Waals surface area contributed by atoms with Gasteiger partial charge in [0.05, 0.1) is 30.6 Å². The number of nitrogens with zero attached hydrogens (tertiary/aromatic N) is 1. The summed E-state index contributed by atoms with van der Waals surface area (Å²) in [7, 11) is 0. The standard InChI is InChI=1S/C11H13N3O2/c12-9-3-7-5-13-14-10(7)4-11(9)16-8-1-2-15-6-8/h3-5,8H,1-2,6,12H2,(H,13,14)/t8-/m0/s1. The van der Waals surface area contributed by atoms with Crippen LogP contribution in [0.4, 0.5) is 5.69 Å². The molecule has 5 nitrogen and oxygen atoms in total. The van der Waals surface area contributed by atoms with E-state index in [1.54, 1.807) is 6.20 Å². The Morgan fingerprint density at radius 1 is 1.50 bits per heavy atom. The topological polar surface area (TPSA) is 73.2 Å². The summed E-state index contributed by atoms with van der Waals surface area (Å²) < 4.78 is 11.0. The quantitative estimate of drug-likeness (QED) is 0.747. The number of H-pyrrole nitrogens is 1. The molecule has 0 bridgehead atoms. The Balaban J connectivity index is 1.92. The number of nitrogens with one attached hydrogen (secondary N) is 1. The maximum Gasteiger partial charge on any atom is 0.144 e. The van der Waals surface area contributed by atoms with Crippen molar-refractivity contribution in [1.82, 2.24) is 10.2 Å². The highest BCUT2D eigenvalue weighted by molar-refractivity contribution is 5.84. The molecule has 2 heterocycles. The van der Waals surface area contributed by atoms with Gasteiger partial charge in [0, 0.05) is 17.9 Å². The first-order valence-corrected chi connectivity index (χ1v) is 5.30. The number of hydrogen-bond donors (Lipinski definition) is 2. The van der Waals surface area contributed by atoms with Crippen LogP contribution >= 0.6 is 0 Å². The lowest BCUT2D eigenvalue weighted by atomic mass is 10.2. The third-order valence-corrected chi connectivity index (χ3v) is 2.75. The van der Waals surface area contributed by atoms with Crippen molar-refractivity contribution in [3.8, 4) is 5.75 Å². The molecule has 5 heteroatoms. The van der Waals surface area contributed by atoms with Gasteiger partial charge in [0.15, 0.2) is 0 Å². The fourth-order valence-corrected chi connectivity index (χ4v) is 1.88. The van der Waals surface area contributed by atoms with Crippen LogP contribution in [-0.2, 0) is 4.74 Å². The van der Waals surface area contributed by atoms with E-state index in [1.807, 2.05) is 12.1 Å². The molecular formula is C11H13N3O2. The minimum Gasteiger partial charge on any atom is -0.486 e. The molecule has 1 aliphatic heterocycles. The third-order valence-electron chi connectivity index (χ3n) is 2.75. The second-order valence-corrected chi connectivity index (χ2v) is 3.95. The second-order valence-electron chi connectivity index (χ2n) is 3.95. The number of anilines is 1. The average Bonchev–Trinajstić information content (AvgIpc) is 2.89. The number of nitrogen functional groups attached to an aromatic ring is 1. The summed E-state index contributed by atoms with van der Waals surface area (Å²) in [5, 5.41) is 7.84. The fraction of sp³-hybridized carbons (Fsp3) is 0.364. The fourth-order valence-electron chi connectivity index (χ4n) is 1.88. The van der Waals surface area contributed by atoms with Gasteiger partial charge < -0.3 is 15.2 Å². The molecule has 1 aliphatic rings. The van der Waals surface area contributed by atoms with Crippen LogP contribution in [0, 0.1) is 0 Å². The molecule has 1 fully saturated rings. The van der Waals surface area contributed by atoms with Crippen LogP contribution in [0.2, 0.25) is 0 Å². The molecular weight excluding hydrogens is 206 g/mol. The first-order valence-electron chi connectivity index (χ1n) is 5.30. The van der Waals surface area contributed by atoms with Gasteiger partial charge in [-0.3, -0.25) is 5.10 Å². The van der Waals surface area contributed by atoms with Crippen LogP contribution in [0.15, 0.2) is 18.3 Å². The molecule has 1 aromatic carbocycles. The number of aromatic nitrogens is 2. The summed E-state index contributed by atoms with van der Waals surface area (Å²) in [6.45, 7) is 1.40. The van der Waals surface area contributed by atoms with E-state index in [9.17, 15) is 0 Å². The van der Waals surface area contributed by atoms with Gasteiger partial charge in [-0.25, -0.2) is 0 Å². The van der Waals surface area contributed by atoms with Gasteiger partial charge in [-0.2, -0.15) is 5.10 Å². The largest absolute Gasteiger partial charge is 0.486 e. The lowest BCUT2D eigenvalue weighted by molar-refractivity contribution is 0.142. The van der Waals surface area contributed by atoms with E-state index in [-0.39, 0.29) is 6.10 Å². The Morgan fingerprint density at radius 3 is 3.25 bits per heavy atom. The van der Waals surface area contributed by atoms with Crippen molar-refractivity contribution in [1.29, 1.82) is 0 Å². The molecule has 16 heavy (non-hydrogen) atoms. The number of nitrogens with two attached hydrogens (primary N) is 1. The summed E-state index contributed by atoms with van der Waals surface area (Å²) in [5.41, 5.74) is 7.49. The first kappa shape index (κ1) is 9.47. The minimum atomic E-state index is 0.114. The highest BCUT2D eigenvalue weighted by Crippen LogP contribution is 2.28.